The van der Waals surface area contributed by atoms with Gasteiger partial charge in [0.05, 0.1) is 17.5 Å². The summed E-state index contributed by atoms with van der Waals surface area (Å²) in [6.07, 6.45) is 1.04. The quantitative estimate of drug-likeness (QED) is 0.858. The molecule has 0 saturated carbocycles. The number of hydrogen-bond acceptors (Lipinski definition) is 4. The fourth-order valence-electron chi connectivity index (χ4n) is 2.54. The molecule has 106 valence electrons. The molecule has 19 heavy (non-hydrogen) atoms. The van der Waals surface area contributed by atoms with Gasteiger partial charge in [0.15, 0.2) is 0 Å². The van der Waals surface area contributed by atoms with E-state index in [9.17, 15) is 13.5 Å². The Morgan fingerprint density at radius 2 is 2.00 bits per heavy atom. The van der Waals surface area contributed by atoms with Crippen LogP contribution in [-0.2, 0) is 10.0 Å². The monoisotopic (exact) mass is 284 g/mol. The molecule has 1 saturated heterocycles. The zero-order valence-electron chi connectivity index (χ0n) is 11.2. The van der Waals surface area contributed by atoms with Crippen molar-refractivity contribution in [3.63, 3.8) is 0 Å². The van der Waals surface area contributed by atoms with Gasteiger partial charge >= 0.3 is 0 Å². The highest BCUT2D eigenvalue weighted by molar-refractivity contribution is 7.89. The number of nitrogens with zero attached hydrogens (tertiary/aromatic N) is 1. The summed E-state index contributed by atoms with van der Waals surface area (Å²) in [5.41, 5.74) is 0.957. The summed E-state index contributed by atoms with van der Waals surface area (Å²) in [7, 11) is -1.99. The third kappa shape index (κ3) is 2.75. The molecule has 6 heteroatoms. The van der Waals surface area contributed by atoms with E-state index in [1.807, 2.05) is 0 Å². The first-order chi connectivity index (χ1) is 8.99. The SMILES string of the molecule is CNS(=O)(=O)c1ccc(N2CCC(C)C2CO)cc1. The Morgan fingerprint density at radius 1 is 1.37 bits per heavy atom. The first kappa shape index (κ1) is 14.3. The van der Waals surface area contributed by atoms with Gasteiger partial charge in [0.1, 0.15) is 0 Å². The fourth-order valence-corrected chi connectivity index (χ4v) is 3.27. The van der Waals surface area contributed by atoms with Crippen molar-refractivity contribution in [3.05, 3.63) is 24.3 Å². The predicted octanol–water partition coefficient (Wildman–Crippen LogP) is 0.802. The average Bonchev–Trinajstić information content (AvgIpc) is 2.80. The molecule has 2 rings (SSSR count). The fraction of sp³-hybridized carbons (Fsp3) is 0.538. The van der Waals surface area contributed by atoms with Crippen molar-refractivity contribution in [3.8, 4) is 0 Å². The molecule has 2 atom stereocenters. The van der Waals surface area contributed by atoms with E-state index in [0.717, 1.165) is 18.7 Å². The molecule has 1 aliphatic rings. The number of hydrogen-bond donors (Lipinski definition) is 2. The van der Waals surface area contributed by atoms with Gasteiger partial charge in [-0.3, -0.25) is 0 Å². The van der Waals surface area contributed by atoms with Crippen LogP contribution in [0.2, 0.25) is 0 Å². The Morgan fingerprint density at radius 3 is 2.53 bits per heavy atom. The molecule has 2 unspecified atom stereocenters. The van der Waals surface area contributed by atoms with Gasteiger partial charge in [0, 0.05) is 12.2 Å². The predicted molar refractivity (Wildman–Crippen MR) is 74.7 cm³/mol. The van der Waals surface area contributed by atoms with Crippen LogP contribution < -0.4 is 9.62 Å². The maximum atomic E-state index is 11.6. The van der Waals surface area contributed by atoms with E-state index < -0.39 is 10.0 Å². The Labute approximate surface area is 114 Å². The van der Waals surface area contributed by atoms with Crippen LogP contribution in [-0.4, -0.2) is 39.8 Å². The zero-order valence-corrected chi connectivity index (χ0v) is 12.0. The molecule has 0 bridgehead atoms. The number of benzene rings is 1. The molecule has 0 radical (unpaired) electrons. The minimum Gasteiger partial charge on any atom is -0.394 e. The van der Waals surface area contributed by atoms with E-state index in [1.54, 1.807) is 24.3 Å². The van der Waals surface area contributed by atoms with E-state index in [4.69, 9.17) is 0 Å². The number of aliphatic hydroxyl groups excluding tert-OH is 1. The topological polar surface area (TPSA) is 69.6 Å². The van der Waals surface area contributed by atoms with E-state index in [0.29, 0.717) is 5.92 Å². The summed E-state index contributed by atoms with van der Waals surface area (Å²) in [6.45, 7) is 3.14. The summed E-state index contributed by atoms with van der Waals surface area (Å²) in [5.74, 6) is 0.450. The third-order valence-electron chi connectivity index (χ3n) is 3.82. The van der Waals surface area contributed by atoms with E-state index in [1.165, 1.54) is 7.05 Å². The summed E-state index contributed by atoms with van der Waals surface area (Å²) in [5, 5.41) is 9.44. The molecule has 0 spiro atoms. The van der Waals surface area contributed by atoms with Crippen molar-refractivity contribution < 1.29 is 13.5 Å². The molecule has 1 aromatic rings. The summed E-state index contributed by atoms with van der Waals surface area (Å²) in [6, 6.07) is 6.90. The first-order valence-corrected chi connectivity index (χ1v) is 7.89. The maximum Gasteiger partial charge on any atom is 0.240 e. The minimum absolute atomic E-state index is 0.117. The summed E-state index contributed by atoms with van der Waals surface area (Å²) in [4.78, 5) is 2.40. The Balaban J connectivity index is 2.24. The second kappa shape index (κ2) is 5.48. The van der Waals surface area contributed by atoms with Gasteiger partial charge in [-0.05, 0) is 43.7 Å². The second-order valence-electron chi connectivity index (χ2n) is 4.91. The summed E-state index contributed by atoms with van der Waals surface area (Å²) < 4.78 is 25.6. The lowest BCUT2D eigenvalue weighted by Crippen LogP contribution is -2.35. The molecule has 0 aliphatic carbocycles. The van der Waals surface area contributed by atoms with Crippen molar-refractivity contribution in [1.82, 2.24) is 4.72 Å². The summed E-state index contributed by atoms with van der Waals surface area (Å²) >= 11 is 0. The molecule has 0 amide bonds. The van der Waals surface area contributed by atoms with Crippen LogP contribution in [0.5, 0.6) is 0 Å². The smallest absolute Gasteiger partial charge is 0.240 e. The molecule has 1 aromatic carbocycles. The number of anilines is 1. The second-order valence-corrected chi connectivity index (χ2v) is 6.80. The highest BCUT2D eigenvalue weighted by Crippen LogP contribution is 2.29. The van der Waals surface area contributed by atoms with Crippen molar-refractivity contribution in [2.24, 2.45) is 5.92 Å². The first-order valence-electron chi connectivity index (χ1n) is 6.40. The molecule has 1 heterocycles. The van der Waals surface area contributed by atoms with Crippen LogP contribution in [0.25, 0.3) is 0 Å². The number of nitrogens with one attached hydrogen (secondary N) is 1. The lowest BCUT2D eigenvalue weighted by molar-refractivity contribution is 0.245. The lowest BCUT2D eigenvalue weighted by atomic mass is 10.0. The van der Waals surface area contributed by atoms with Crippen molar-refractivity contribution in [1.29, 1.82) is 0 Å². The lowest BCUT2D eigenvalue weighted by Gasteiger charge is -2.27. The van der Waals surface area contributed by atoms with Gasteiger partial charge in [-0.15, -0.1) is 0 Å². The number of sulfonamides is 1. The van der Waals surface area contributed by atoms with Crippen LogP contribution in [0.15, 0.2) is 29.2 Å². The standard InChI is InChI=1S/C13H20N2O3S/c1-10-7-8-15(13(10)9-16)11-3-5-12(6-4-11)19(17,18)14-2/h3-6,10,13-14,16H,7-9H2,1-2H3. The minimum atomic E-state index is -3.39. The maximum absolute atomic E-state index is 11.6. The van der Waals surface area contributed by atoms with Gasteiger partial charge in [0.2, 0.25) is 10.0 Å². The largest absolute Gasteiger partial charge is 0.394 e. The molecule has 2 N–H and O–H groups in total. The van der Waals surface area contributed by atoms with Gasteiger partial charge in [-0.1, -0.05) is 6.92 Å². The number of aliphatic hydroxyl groups is 1. The average molecular weight is 284 g/mol. The Kier molecular flexibility index (Phi) is 4.13. The molecular formula is C13H20N2O3S. The third-order valence-corrected chi connectivity index (χ3v) is 5.25. The molecule has 5 nitrogen and oxygen atoms in total. The molecular weight excluding hydrogens is 264 g/mol. The van der Waals surface area contributed by atoms with Crippen LogP contribution >= 0.6 is 0 Å². The zero-order chi connectivity index (χ0) is 14.0. The molecule has 1 fully saturated rings. The molecule has 1 aliphatic heterocycles. The van der Waals surface area contributed by atoms with E-state index in [-0.39, 0.29) is 17.5 Å². The van der Waals surface area contributed by atoms with Crippen molar-refractivity contribution >= 4 is 15.7 Å². The highest BCUT2D eigenvalue weighted by atomic mass is 32.2. The van der Waals surface area contributed by atoms with Crippen LogP contribution in [0, 0.1) is 5.92 Å². The van der Waals surface area contributed by atoms with Gasteiger partial charge in [-0.2, -0.15) is 0 Å². The van der Waals surface area contributed by atoms with Crippen LogP contribution in [0.4, 0.5) is 5.69 Å². The highest BCUT2D eigenvalue weighted by Gasteiger charge is 2.30. The van der Waals surface area contributed by atoms with Crippen LogP contribution in [0.1, 0.15) is 13.3 Å². The van der Waals surface area contributed by atoms with Gasteiger partial charge < -0.3 is 10.0 Å². The number of rotatable bonds is 4. The van der Waals surface area contributed by atoms with Gasteiger partial charge in [0.25, 0.3) is 0 Å². The van der Waals surface area contributed by atoms with E-state index in [2.05, 4.69) is 16.5 Å². The normalized spacial score (nSPS) is 23.8. The van der Waals surface area contributed by atoms with Gasteiger partial charge in [-0.25, -0.2) is 13.1 Å². The van der Waals surface area contributed by atoms with Crippen molar-refractivity contribution in [2.75, 3.05) is 25.1 Å². The van der Waals surface area contributed by atoms with Crippen molar-refractivity contribution in [2.45, 2.75) is 24.3 Å². The molecule has 0 aromatic heterocycles. The Bertz CT molecular complexity index is 527. The van der Waals surface area contributed by atoms with Crippen LogP contribution in [0.3, 0.4) is 0 Å². The Hall–Kier alpha value is -1.11. The van der Waals surface area contributed by atoms with E-state index >= 15 is 0 Å².